The largest absolute Gasteiger partial charge is 0.380 e. The lowest BCUT2D eigenvalue weighted by Crippen LogP contribution is -2.33. The first-order valence-corrected chi connectivity index (χ1v) is 7.78. The van der Waals surface area contributed by atoms with Gasteiger partial charge >= 0.3 is 0 Å². The van der Waals surface area contributed by atoms with Gasteiger partial charge in [-0.3, -0.25) is 4.79 Å². The molecule has 1 aliphatic rings. The van der Waals surface area contributed by atoms with E-state index in [1.165, 1.54) is 0 Å². The second kappa shape index (κ2) is 7.59. The van der Waals surface area contributed by atoms with Gasteiger partial charge in [0, 0.05) is 36.9 Å². The van der Waals surface area contributed by atoms with Gasteiger partial charge in [-0.15, -0.1) is 0 Å². The molecule has 5 nitrogen and oxygen atoms in total. The van der Waals surface area contributed by atoms with Crippen molar-refractivity contribution in [3.63, 3.8) is 0 Å². The second-order valence-electron chi connectivity index (χ2n) is 4.73. The van der Waals surface area contributed by atoms with Gasteiger partial charge in [0.25, 0.3) is 5.91 Å². The topological polar surface area (TPSA) is 54.5 Å². The Bertz CT molecular complexity index is 460. The van der Waals surface area contributed by atoms with Crippen LogP contribution in [0.25, 0.3) is 0 Å². The SMILES string of the molecule is CCCNc1ncc(Br)cc1C(=O)N1CCCOCC1. The number of pyridine rings is 1. The van der Waals surface area contributed by atoms with Crippen molar-refractivity contribution in [1.82, 2.24) is 9.88 Å². The van der Waals surface area contributed by atoms with Crippen LogP contribution < -0.4 is 5.32 Å². The van der Waals surface area contributed by atoms with Gasteiger partial charge in [-0.25, -0.2) is 4.98 Å². The van der Waals surface area contributed by atoms with E-state index < -0.39 is 0 Å². The normalized spacial score (nSPS) is 15.8. The molecule has 0 aromatic carbocycles. The summed E-state index contributed by atoms with van der Waals surface area (Å²) in [4.78, 5) is 18.8. The van der Waals surface area contributed by atoms with Crippen LogP contribution in [0.1, 0.15) is 30.1 Å². The van der Waals surface area contributed by atoms with Gasteiger partial charge in [0.2, 0.25) is 0 Å². The Morgan fingerprint density at radius 2 is 2.35 bits per heavy atom. The molecule has 2 heterocycles. The summed E-state index contributed by atoms with van der Waals surface area (Å²) in [6, 6.07) is 1.83. The van der Waals surface area contributed by atoms with Crippen LogP contribution in [0.5, 0.6) is 0 Å². The van der Waals surface area contributed by atoms with E-state index in [0.29, 0.717) is 24.5 Å². The van der Waals surface area contributed by atoms with E-state index in [1.807, 2.05) is 11.0 Å². The van der Waals surface area contributed by atoms with Crippen LogP contribution in [0, 0.1) is 0 Å². The molecule has 1 aliphatic heterocycles. The number of aromatic nitrogens is 1. The first-order valence-electron chi connectivity index (χ1n) is 6.99. The third-order valence-electron chi connectivity index (χ3n) is 3.14. The molecule has 0 bridgehead atoms. The molecule has 0 aliphatic carbocycles. The Labute approximate surface area is 127 Å². The van der Waals surface area contributed by atoms with Gasteiger partial charge in [0.15, 0.2) is 0 Å². The van der Waals surface area contributed by atoms with Crippen molar-refractivity contribution < 1.29 is 9.53 Å². The van der Waals surface area contributed by atoms with Crippen molar-refractivity contribution in [2.75, 3.05) is 38.2 Å². The maximum atomic E-state index is 12.7. The average molecular weight is 342 g/mol. The number of hydrogen-bond acceptors (Lipinski definition) is 4. The first kappa shape index (κ1) is 15.3. The summed E-state index contributed by atoms with van der Waals surface area (Å²) in [5.41, 5.74) is 0.620. The third kappa shape index (κ3) is 3.93. The van der Waals surface area contributed by atoms with E-state index >= 15 is 0 Å². The predicted octanol–water partition coefficient (Wildman–Crippen LogP) is 2.53. The summed E-state index contributed by atoms with van der Waals surface area (Å²) in [6.07, 6.45) is 3.58. The maximum Gasteiger partial charge on any atom is 0.257 e. The van der Waals surface area contributed by atoms with Gasteiger partial charge in [0.1, 0.15) is 5.82 Å². The summed E-state index contributed by atoms with van der Waals surface area (Å²) >= 11 is 3.39. The molecule has 0 spiro atoms. The number of hydrogen-bond donors (Lipinski definition) is 1. The van der Waals surface area contributed by atoms with Crippen LogP contribution in [0.15, 0.2) is 16.7 Å². The molecule has 2 rings (SSSR count). The van der Waals surface area contributed by atoms with E-state index in [9.17, 15) is 4.79 Å². The number of halogens is 1. The van der Waals surface area contributed by atoms with E-state index in [2.05, 4.69) is 33.2 Å². The minimum atomic E-state index is 0.0166. The second-order valence-corrected chi connectivity index (χ2v) is 5.65. The van der Waals surface area contributed by atoms with E-state index in [0.717, 1.165) is 37.0 Å². The Morgan fingerprint density at radius 3 is 3.15 bits per heavy atom. The van der Waals surface area contributed by atoms with Crippen molar-refractivity contribution in [2.45, 2.75) is 19.8 Å². The average Bonchev–Trinajstić information content (AvgIpc) is 2.74. The zero-order valence-electron chi connectivity index (χ0n) is 11.7. The molecular formula is C14H20BrN3O2. The summed E-state index contributed by atoms with van der Waals surface area (Å²) in [5.74, 6) is 0.674. The summed E-state index contributed by atoms with van der Waals surface area (Å²) in [6.45, 7) is 5.58. The van der Waals surface area contributed by atoms with E-state index in [-0.39, 0.29) is 5.91 Å². The Morgan fingerprint density at radius 1 is 1.50 bits per heavy atom. The summed E-state index contributed by atoms with van der Waals surface area (Å²) in [5, 5.41) is 3.22. The summed E-state index contributed by atoms with van der Waals surface area (Å²) < 4.78 is 6.21. The number of rotatable bonds is 4. The Hall–Kier alpha value is -1.14. The highest BCUT2D eigenvalue weighted by molar-refractivity contribution is 9.10. The minimum Gasteiger partial charge on any atom is -0.380 e. The fraction of sp³-hybridized carbons (Fsp3) is 0.571. The number of nitrogens with zero attached hydrogens (tertiary/aromatic N) is 2. The van der Waals surface area contributed by atoms with Crippen LogP contribution in [-0.2, 0) is 4.74 Å². The number of carbonyl (C=O) groups is 1. The third-order valence-corrected chi connectivity index (χ3v) is 3.57. The molecule has 0 unspecified atom stereocenters. The molecular weight excluding hydrogens is 322 g/mol. The quantitative estimate of drug-likeness (QED) is 0.914. The number of anilines is 1. The van der Waals surface area contributed by atoms with Crippen LogP contribution >= 0.6 is 15.9 Å². The van der Waals surface area contributed by atoms with Gasteiger partial charge in [-0.1, -0.05) is 6.92 Å². The Balaban J connectivity index is 2.20. The Kier molecular flexibility index (Phi) is 5.79. The van der Waals surface area contributed by atoms with E-state index in [4.69, 9.17) is 4.74 Å². The van der Waals surface area contributed by atoms with Crippen LogP contribution in [-0.4, -0.2) is 48.6 Å². The molecule has 20 heavy (non-hydrogen) atoms. The fourth-order valence-electron chi connectivity index (χ4n) is 2.11. The first-order chi connectivity index (χ1) is 9.72. The number of nitrogens with one attached hydrogen (secondary N) is 1. The molecule has 110 valence electrons. The smallest absolute Gasteiger partial charge is 0.257 e. The van der Waals surface area contributed by atoms with Gasteiger partial charge in [-0.05, 0) is 34.8 Å². The zero-order valence-corrected chi connectivity index (χ0v) is 13.3. The molecule has 0 saturated carbocycles. The van der Waals surface area contributed by atoms with Crippen LogP contribution in [0.4, 0.5) is 5.82 Å². The lowest BCUT2D eigenvalue weighted by molar-refractivity contribution is 0.0742. The standard InChI is InChI=1S/C14H20BrN3O2/c1-2-4-16-13-12(9-11(15)10-17-13)14(19)18-5-3-7-20-8-6-18/h9-10H,2-8H2,1H3,(H,16,17). The van der Waals surface area contributed by atoms with Crippen molar-refractivity contribution in [1.29, 1.82) is 0 Å². The molecule has 1 saturated heterocycles. The van der Waals surface area contributed by atoms with Crippen LogP contribution in [0.3, 0.4) is 0 Å². The zero-order chi connectivity index (χ0) is 14.4. The highest BCUT2D eigenvalue weighted by atomic mass is 79.9. The minimum absolute atomic E-state index is 0.0166. The lowest BCUT2D eigenvalue weighted by Gasteiger charge is -2.21. The molecule has 1 N–H and O–H groups in total. The molecule has 0 radical (unpaired) electrons. The van der Waals surface area contributed by atoms with Gasteiger partial charge < -0.3 is 15.0 Å². The highest BCUT2D eigenvalue weighted by Crippen LogP contribution is 2.20. The molecule has 1 fully saturated rings. The van der Waals surface area contributed by atoms with Gasteiger partial charge in [0.05, 0.1) is 12.2 Å². The van der Waals surface area contributed by atoms with Crippen molar-refractivity contribution in [3.05, 3.63) is 22.3 Å². The van der Waals surface area contributed by atoms with Crippen molar-refractivity contribution in [2.24, 2.45) is 0 Å². The van der Waals surface area contributed by atoms with Crippen molar-refractivity contribution in [3.8, 4) is 0 Å². The molecule has 6 heteroatoms. The molecule has 1 aromatic heterocycles. The molecule has 1 amide bonds. The monoisotopic (exact) mass is 341 g/mol. The number of amides is 1. The molecule has 1 aromatic rings. The highest BCUT2D eigenvalue weighted by Gasteiger charge is 2.21. The summed E-state index contributed by atoms with van der Waals surface area (Å²) in [7, 11) is 0. The number of carbonyl (C=O) groups excluding carboxylic acids is 1. The maximum absolute atomic E-state index is 12.7. The lowest BCUT2D eigenvalue weighted by atomic mass is 10.2. The van der Waals surface area contributed by atoms with Gasteiger partial charge in [-0.2, -0.15) is 0 Å². The van der Waals surface area contributed by atoms with Crippen LogP contribution in [0.2, 0.25) is 0 Å². The fourth-order valence-corrected chi connectivity index (χ4v) is 2.44. The van der Waals surface area contributed by atoms with E-state index in [1.54, 1.807) is 6.20 Å². The predicted molar refractivity (Wildman–Crippen MR) is 82.1 cm³/mol. The number of ether oxygens (including phenoxy) is 1. The van der Waals surface area contributed by atoms with Crippen molar-refractivity contribution >= 4 is 27.7 Å². The molecule has 0 atom stereocenters.